The van der Waals surface area contributed by atoms with Crippen molar-refractivity contribution in [1.29, 1.82) is 0 Å². The largest absolute Gasteiger partial charge is 0.350 e. The third kappa shape index (κ3) is 4.91. The molecule has 3 heterocycles. The maximum absolute atomic E-state index is 4.69. The summed E-state index contributed by atoms with van der Waals surface area (Å²) in [7, 11) is 1.75. The lowest BCUT2D eigenvalue weighted by Gasteiger charge is -2.14. The topological polar surface area (TPSA) is 79.5 Å². The van der Waals surface area contributed by atoms with Crippen LogP contribution >= 0.6 is 35.3 Å². The lowest BCUT2D eigenvalue weighted by molar-refractivity contribution is 0.570. The molecular formula is C17H24IN7S. The molecule has 3 aromatic rings. The summed E-state index contributed by atoms with van der Waals surface area (Å²) in [5.41, 5.74) is 2.02. The molecule has 140 valence electrons. The van der Waals surface area contributed by atoms with Crippen molar-refractivity contribution in [2.24, 2.45) is 4.99 Å². The fourth-order valence-corrected chi connectivity index (χ4v) is 3.25. The van der Waals surface area contributed by atoms with E-state index in [-0.39, 0.29) is 29.4 Å². The molecule has 3 rings (SSSR count). The molecule has 0 saturated heterocycles. The molecule has 0 aliphatic rings. The van der Waals surface area contributed by atoms with E-state index in [1.807, 2.05) is 28.8 Å². The molecule has 0 atom stereocenters. The molecule has 0 fully saturated rings. The minimum absolute atomic E-state index is 0. The molecule has 3 aromatic heterocycles. The summed E-state index contributed by atoms with van der Waals surface area (Å²) in [6.07, 6.45) is 1.95. The molecule has 2 N–H and O–H groups in total. The van der Waals surface area contributed by atoms with Crippen LogP contribution in [0.5, 0.6) is 0 Å². The van der Waals surface area contributed by atoms with E-state index >= 15 is 0 Å². The van der Waals surface area contributed by atoms with E-state index in [1.165, 1.54) is 0 Å². The Bertz CT molecular complexity index is 878. The molecule has 0 unspecified atom stereocenters. The summed E-state index contributed by atoms with van der Waals surface area (Å²) in [5.74, 6) is 1.54. The van der Waals surface area contributed by atoms with Crippen molar-refractivity contribution in [1.82, 2.24) is 30.2 Å². The Morgan fingerprint density at radius 2 is 1.96 bits per heavy atom. The Kier molecular flexibility index (Phi) is 6.93. The lowest BCUT2D eigenvalue weighted by atomic mass is 9.93. The summed E-state index contributed by atoms with van der Waals surface area (Å²) < 4.78 is 1.96. The fraction of sp³-hybridized carbons (Fsp3) is 0.412. The number of aliphatic imine (C=N–C) groups is 1. The first-order valence-corrected chi connectivity index (χ1v) is 9.03. The molecule has 0 saturated carbocycles. The molecule has 0 bridgehead atoms. The predicted octanol–water partition coefficient (Wildman–Crippen LogP) is 2.97. The number of pyridine rings is 1. The maximum Gasteiger partial charge on any atom is 0.191 e. The van der Waals surface area contributed by atoms with E-state index in [9.17, 15) is 0 Å². The third-order valence-electron chi connectivity index (χ3n) is 3.75. The quantitative estimate of drug-likeness (QED) is 0.338. The SMILES string of the molecule is CN=C(NCc1nc(C(C)(C)C)cs1)NCc1nnc2ccccn12.I. The van der Waals surface area contributed by atoms with E-state index in [4.69, 9.17) is 0 Å². The van der Waals surface area contributed by atoms with Gasteiger partial charge >= 0.3 is 0 Å². The minimum Gasteiger partial charge on any atom is -0.350 e. The first-order valence-electron chi connectivity index (χ1n) is 8.15. The average Bonchev–Trinajstić information content (AvgIpc) is 3.22. The van der Waals surface area contributed by atoms with Crippen LogP contribution in [0.4, 0.5) is 0 Å². The predicted molar refractivity (Wildman–Crippen MR) is 116 cm³/mol. The van der Waals surface area contributed by atoms with Crippen molar-refractivity contribution in [3.05, 3.63) is 46.3 Å². The highest BCUT2D eigenvalue weighted by Gasteiger charge is 2.17. The highest BCUT2D eigenvalue weighted by molar-refractivity contribution is 14.0. The van der Waals surface area contributed by atoms with Crippen molar-refractivity contribution in [3.63, 3.8) is 0 Å². The number of nitrogens with zero attached hydrogens (tertiary/aromatic N) is 5. The standard InChI is InChI=1S/C17H23N7S.HI/c1-17(2,3)12-11-25-15(21-12)10-20-16(18-4)19-9-14-23-22-13-7-5-6-8-24(13)14;/h5-8,11H,9-10H2,1-4H3,(H2,18,19,20);1H. The van der Waals surface area contributed by atoms with Crippen LogP contribution in [0, 0.1) is 0 Å². The molecule has 7 nitrogen and oxygen atoms in total. The van der Waals surface area contributed by atoms with Gasteiger partial charge in [0.1, 0.15) is 5.01 Å². The summed E-state index contributed by atoms with van der Waals surface area (Å²) in [6.45, 7) is 7.69. The first-order chi connectivity index (χ1) is 12.0. The van der Waals surface area contributed by atoms with Gasteiger partial charge in [0.2, 0.25) is 0 Å². The van der Waals surface area contributed by atoms with Gasteiger partial charge in [-0.25, -0.2) is 4.98 Å². The molecule has 0 aliphatic heterocycles. The molecule has 0 radical (unpaired) electrons. The van der Waals surface area contributed by atoms with Crippen molar-refractivity contribution in [3.8, 4) is 0 Å². The Labute approximate surface area is 174 Å². The van der Waals surface area contributed by atoms with Crippen LogP contribution in [0.1, 0.15) is 37.3 Å². The Morgan fingerprint density at radius 3 is 2.65 bits per heavy atom. The van der Waals surface area contributed by atoms with Gasteiger partial charge in [-0.3, -0.25) is 9.39 Å². The highest BCUT2D eigenvalue weighted by Crippen LogP contribution is 2.23. The van der Waals surface area contributed by atoms with E-state index in [2.05, 4.69) is 57.0 Å². The maximum atomic E-state index is 4.69. The zero-order chi connectivity index (χ0) is 17.9. The molecule has 26 heavy (non-hydrogen) atoms. The Morgan fingerprint density at radius 1 is 1.19 bits per heavy atom. The van der Waals surface area contributed by atoms with Crippen molar-refractivity contribution in [2.75, 3.05) is 7.05 Å². The average molecular weight is 485 g/mol. The van der Waals surface area contributed by atoms with Gasteiger partial charge in [0, 0.05) is 24.0 Å². The highest BCUT2D eigenvalue weighted by atomic mass is 127. The summed E-state index contributed by atoms with van der Waals surface area (Å²) >= 11 is 1.66. The van der Waals surface area contributed by atoms with Crippen LogP contribution in [0.15, 0.2) is 34.8 Å². The molecule has 9 heteroatoms. The number of rotatable bonds is 4. The number of nitrogens with one attached hydrogen (secondary N) is 2. The van der Waals surface area contributed by atoms with Crippen molar-refractivity contribution >= 4 is 46.9 Å². The molecular weight excluding hydrogens is 461 g/mol. The van der Waals surface area contributed by atoms with E-state index in [1.54, 1.807) is 18.4 Å². The zero-order valence-corrected chi connectivity index (χ0v) is 18.5. The first kappa shape index (κ1) is 20.6. The van der Waals surface area contributed by atoms with Crippen molar-refractivity contribution in [2.45, 2.75) is 39.3 Å². The summed E-state index contributed by atoms with van der Waals surface area (Å²) in [5, 5.41) is 18.1. The zero-order valence-electron chi connectivity index (χ0n) is 15.4. The number of guanidine groups is 1. The third-order valence-corrected chi connectivity index (χ3v) is 4.60. The van der Waals surface area contributed by atoms with Gasteiger partial charge in [-0.1, -0.05) is 26.8 Å². The molecule has 0 spiro atoms. The van der Waals surface area contributed by atoms with Gasteiger partial charge in [0.05, 0.1) is 18.8 Å². The number of hydrogen-bond acceptors (Lipinski definition) is 5. The van der Waals surface area contributed by atoms with Gasteiger partial charge in [-0.05, 0) is 12.1 Å². The van der Waals surface area contributed by atoms with Crippen LogP contribution in [-0.4, -0.2) is 32.6 Å². The van der Waals surface area contributed by atoms with Gasteiger partial charge in [-0.2, -0.15) is 0 Å². The number of aromatic nitrogens is 4. The van der Waals surface area contributed by atoms with E-state index in [0.717, 1.165) is 22.2 Å². The summed E-state index contributed by atoms with van der Waals surface area (Å²) in [4.78, 5) is 8.94. The number of halogens is 1. The summed E-state index contributed by atoms with van der Waals surface area (Å²) in [6, 6.07) is 5.84. The Hall–Kier alpha value is -1.75. The van der Waals surface area contributed by atoms with Gasteiger partial charge in [0.15, 0.2) is 17.4 Å². The van der Waals surface area contributed by atoms with Gasteiger partial charge in [-0.15, -0.1) is 45.5 Å². The smallest absolute Gasteiger partial charge is 0.191 e. The van der Waals surface area contributed by atoms with Crippen molar-refractivity contribution < 1.29 is 0 Å². The second-order valence-electron chi connectivity index (χ2n) is 6.70. The normalized spacial score (nSPS) is 12.1. The molecule has 0 aliphatic carbocycles. The van der Waals surface area contributed by atoms with Crippen LogP contribution in [0.25, 0.3) is 5.65 Å². The van der Waals surface area contributed by atoms with Crippen LogP contribution in [0.3, 0.4) is 0 Å². The fourth-order valence-electron chi connectivity index (χ4n) is 2.29. The van der Waals surface area contributed by atoms with E-state index < -0.39 is 0 Å². The molecule has 0 amide bonds. The lowest BCUT2D eigenvalue weighted by Crippen LogP contribution is -2.36. The second-order valence-corrected chi connectivity index (χ2v) is 7.64. The van der Waals surface area contributed by atoms with Gasteiger partial charge < -0.3 is 10.6 Å². The number of fused-ring (bicyclic) bond motifs is 1. The van der Waals surface area contributed by atoms with Crippen LogP contribution < -0.4 is 10.6 Å². The van der Waals surface area contributed by atoms with Crippen LogP contribution in [0.2, 0.25) is 0 Å². The second kappa shape index (κ2) is 8.76. The number of thiazole rings is 1. The van der Waals surface area contributed by atoms with Crippen LogP contribution in [-0.2, 0) is 18.5 Å². The number of hydrogen-bond donors (Lipinski definition) is 2. The minimum atomic E-state index is 0. The molecule has 0 aromatic carbocycles. The monoisotopic (exact) mass is 485 g/mol. The van der Waals surface area contributed by atoms with Gasteiger partial charge in [0.25, 0.3) is 0 Å². The van der Waals surface area contributed by atoms with E-state index in [0.29, 0.717) is 19.0 Å². The Balaban J connectivity index is 0.00000243.